The predicted octanol–water partition coefficient (Wildman–Crippen LogP) is 3.88. The van der Waals surface area contributed by atoms with Crippen molar-refractivity contribution in [3.05, 3.63) is 65.7 Å². The Bertz CT molecular complexity index is 843. The van der Waals surface area contributed by atoms with Gasteiger partial charge in [-0.2, -0.15) is 0 Å². The lowest BCUT2D eigenvalue weighted by atomic mass is 9.74. The number of carbonyl (C=O) groups excluding carboxylic acids is 1. The van der Waals surface area contributed by atoms with E-state index in [1.165, 1.54) is 0 Å². The number of carboxylic acids is 1. The van der Waals surface area contributed by atoms with Crippen molar-refractivity contribution < 1.29 is 19.4 Å². The number of hydrogen-bond acceptors (Lipinski definition) is 3. The van der Waals surface area contributed by atoms with Crippen LogP contribution in [-0.4, -0.2) is 22.5 Å². The van der Waals surface area contributed by atoms with Gasteiger partial charge in [0.2, 0.25) is 5.91 Å². The normalized spacial score (nSPS) is 22.0. The highest BCUT2D eigenvalue weighted by Gasteiger charge is 2.48. The van der Waals surface area contributed by atoms with Crippen molar-refractivity contribution in [2.24, 2.45) is 5.92 Å². The van der Waals surface area contributed by atoms with E-state index in [4.69, 9.17) is 9.84 Å². The van der Waals surface area contributed by atoms with Gasteiger partial charge >= 0.3 is 5.97 Å². The molecule has 2 aliphatic rings. The number of amides is 1. The Morgan fingerprint density at radius 2 is 1.79 bits per heavy atom. The molecular formula is C23H25NO4. The maximum absolute atomic E-state index is 12.6. The Morgan fingerprint density at radius 1 is 1.07 bits per heavy atom. The van der Waals surface area contributed by atoms with Crippen LogP contribution in [0.4, 0.5) is 0 Å². The summed E-state index contributed by atoms with van der Waals surface area (Å²) in [6.45, 7) is 0.528. The summed E-state index contributed by atoms with van der Waals surface area (Å²) in [4.78, 5) is 23.6. The standard InChI is InChI=1S/C23H25NO4/c25-21(26)14-23(11-4-12-23)24-22(27)20-13-19(20)17-7-9-18(10-8-17)28-15-16-5-2-1-3-6-16/h1-3,5-10,19-20H,4,11-15H2,(H,24,27)(H,25,26). The molecule has 2 fully saturated rings. The summed E-state index contributed by atoms with van der Waals surface area (Å²) >= 11 is 0. The van der Waals surface area contributed by atoms with Gasteiger partial charge in [0.1, 0.15) is 12.4 Å². The number of aliphatic carboxylic acids is 1. The zero-order chi connectivity index (χ0) is 19.6. The van der Waals surface area contributed by atoms with Crippen molar-refractivity contribution in [1.29, 1.82) is 0 Å². The van der Waals surface area contributed by atoms with Crippen LogP contribution in [0, 0.1) is 5.92 Å². The van der Waals surface area contributed by atoms with Gasteiger partial charge in [-0.15, -0.1) is 0 Å². The topological polar surface area (TPSA) is 75.6 Å². The van der Waals surface area contributed by atoms with E-state index in [-0.39, 0.29) is 24.2 Å². The number of carboxylic acid groups (broad SMARTS) is 1. The molecule has 2 aromatic rings. The van der Waals surface area contributed by atoms with E-state index in [2.05, 4.69) is 5.32 Å². The van der Waals surface area contributed by atoms with Gasteiger partial charge in [-0.05, 0) is 54.9 Å². The molecule has 0 saturated heterocycles. The van der Waals surface area contributed by atoms with Crippen LogP contribution < -0.4 is 10.1 Å². The minimum Gasteiger partial charge on any atom is -0.489 e. The number of ether oxygens (including phenoxy) is 1. The van der Waals surface area contributed by atoms with Crippen LogP contribution >= 0.6 is 0 Å². The van der Waals surface area contributed by atoms with E-state index in [1.807, 2.05) is 54.6 Å². The molecule has 0 aliphatic heterocycles. The van der Waals surface area contributed by atoms with Gasteiger partial charge < -0.3 is 15.2 Å². The van der Waals surface area contributed by atoms with Gasteiger partial charge in [0.25, 0.3) is 0 Å². The number of carbonyl (C=O) groups is 2. The first-order chi connectivity index (χ1) is 13.5. The van der Waals surface area contributed by atoms with Crippen molar-refractivity contribution in [3.63, 3.8) is 0 Å². The van der Waals surface area contributed by atoms with E-state index in [0.717, 1.165) is 42.6 Å². The fraction of sp³-hybridized carbons (Fsp3) is 0.391. The molecule has 2 atom stereocenters. The van der Waals surface area contributed by atoms with Gasteiger partial charge in [-0.1, -0.05) is 42.5 Å². The Labute approximate surface area is 164 Å². The molecule has 2 saturated carbocycles. The van der Waals surface area contributed by atoms with Crippen LogP contribution in [0.2, 0.25) is 0 Å². The lowest BCUT2D eigenvalue weighted by molar-refractivity contribution is -0.140. The smallest absolute Gasteiger partial charge is 0.305 e. The van der Waals surface area contributed by atoms with Crippen molar-refractivity contribution >= 4 is 11.9 Å². The summed E-state index contributed by atoms with van der Waals surface area (Å²) in [5, 5.41) is 12.1. The van der Waals surface area contributed by atoms with Crippen LogP contribution in [-0.2, 0) is 16.2 Å². The molecule has 4 rings (SSSR count). The van der Waals surface area contributed by atoms with Crippen molar-refractivity contribution in [3.8, 4) is 5.75 Å². The number of hydrogen-bond donors (Lipinski definition) is 2. The molecule has 2 N–H and O–H groups in total. The third-order valence-corrected chi connectivity index (χ3v) is 5.87. The van der Waals surface area contributed by atoms with Crippen molar-refractivity contribution in [2.75, 3.05) is 0 Å². The number of rotatable bonds is 8. The molecule has 0 heterocycles. The van der Waals surface area contributed by atoms with Crippen LogP contribution in [0.25, 0.3) is 0 Å². The lowest BCUT2D eigenvalue weighted by Crippen LogP contribution is -2.55. The molecular weight excluding hydrogens is 354 g/mol. The molecule has 1 amide bonds. The molecule has 0 bridgehead atoms. The first kappa shape index (κ1) is 18.5. The van der Waals surface area contributed by atoms with E-state index in [1.54, 1.807) is 0 Å². The zero-order valence-corrected chi connectivity index (χ0v) is 15.8. The van der Waals surface area contributed by atoms with E-state index in [9.17, 15) is 9.59 Å². The molecule has 2 aromatic carbocycles. The maximum Gasteiger partial charge on any atom is 0.305 e. The van der Waals surface area contributed by atoms with Crippen LogP contribution in [0.15, 0.2) is 54.6 Å². The molecule has 0 aromatic heterocycles. The molecule has 5 nitrogen and oxygen atoms in total. The van der Waals surface area contributed by atoms with Crippen LogP contribution in [0.5, 0.6) is 5.75 Å². The fourth-order valence-electron chi connectivity index (χ4n) is 4.00. The molecule has 0 spiro atoms. The summed E-state index contributed by atoms with van der Waals surface area (Å²) in [6, 6.07) is 18.0. The molecule has 28 heavy (non-hydrogen) atoms. The Hall–Kier alpha value is -2.82. The van der Waals surface area contributed by atoms with Crippen molar-refractivity contribution in [2.45, 2.75) is 50.2 Å². The highest BCUT2D eigenvalue weighted by molar-refractivity contribution is 5.84. The highest BCUT2D eigenvalue weighted by Crippen LogP contribution is 2.48. The summed E-state index contributed by atoms with van der Waals surface area (Å²) < 4.78 is 5.81. The van der Waals surface area contributed by atoms with Gasteiger partial charge in [-0.25, -0.2) is 0 Å². The third kappa shape index (κ3) is 4.19. The average molecular weight is 379 g/mol. The molecule has 5 heteroatoms. The predicted molar refractivity (Wildman–Crippen MR) is 105 cm³/mol. The van der Waals surface area contributed by atoms with E-state index >= 15 is 0 Å². The molecule has 146 valence electrons. The van der Waals surface area contributed by atoms with Gasteiger partial charge in [0.15, 0.2) is 0 Å². The van der Waals surface area contributed by atoms with E-state index in [0.29, 0.717) is 6.61 Å². The fourth-order valence-corrected chi connectivity index (χ4v) is 4.00. The van der Waals surface area contributed by atoms with E-state index < -0.39 is 11.5 Å². The SMILES string of the molecule is O=C(O)CC1(NC(=O)C2CC2c2ccc(OCc3ccccc3)cc2)CCC1. The van der Waals surface area contributed by atoms with Gasteiger partial charge in [0.05, 0.1) is 12.0 Å². The summed E-state index contributed by atoms with van der Waals surface area (Å²) in [5.41, 5.74) is 1.73. The summed E-state index contributed by atoms with van der Waals surface area (Å²) in [7, 11) is 0. The molecule has 2 aliphatic carbocycles. The second-order valence-corrected chi connectivity index (χ2v) is 7.99. The quantitative estimate of drug-likeness (QED) is 0.730. The zero-order valence-electron chi connectivity index (χ0n) is 15.8. The Balaban J connectivity index is 1.30. The highest BCUT2D eigenvalue weighted by atomic mass is 16.5. The first-order valence-corrected chi connectivity index (χ1v) is 9.85. The van der Waals surface area contributed by atoms with Crippen LogP contribution in [0.3, 0.4) is 0 Å². The average Bonchev–Trinajstić information content (AvgIpc) is 3.46. The Kier molecular flexibility index (Phi) is 5.07. The second-order valence-electron chi connectivity index (χ2n) is 7.99. The van der Waals surface area contributed by atoms with Crippen LogP contribution in [0.1, 0.15) is 49.1 Å². The van der Waals surface area contributed by atoms with Gasteiger partial charge in [-0.3, -0.25) is 9.59 Å². The minimum absolute atomic E-state index is 0.00430. The maximum atomic E-state index is 12.6. The lowest BCUT2D eigenvalue weighted by Gasteiger charge is -2.41. The number of nitrogens with one attached hydrogen (secondary N) is 1. The monoisotopic (exact) mass is 379 g/mol. The summed E-state index contributed by atoms with van der Waals surface area (Å²) in [6.07, 6.45) is 3.33. The minimum atomic E-state index is -0.849. The van der Waals surface area contributed by atoms with Gasteiger partial charge in [0, 0.05) is 5.92 Å². The summed E-state index contributed by atoms with van der Waals surface area (Å²) in [5.74, 6) is 0.116. The Morgan fingerprint density at radius 3 is 2.39 bits per heavy atom. The first-order valence-electron chi connectivity index (χ1n) is 9.85. The number of benzene rings is 2. The largest absolute Gasteiger partial charge is 0.489 e. The molecule has 2 unspecified atom stereocenters. The van der Waals surface area contributed by atoms with Crippen molar-refractivity contribution in [1.82, 2.24) is 5.32 Å². The second kappa shape index (κ2) is 7.66. The third-order valence-electron chi connectivity index (χ3n) is 5.87. The molecule has 0 radical (unpaired) electrons.